The molecule has 12 atom stereocenters. The van der Waals surface area contributed by atoms with Crippen LogP contribution < -0.4 is 0 Å². The Hall–Kier alpha value is -2.38. The van der Waals surface area contributed by atoms with Gasteiger partial charge in [-0.15, -0.1) is 0 Å². The largest absolute Gasteiger partial charge is 0.481 e. The molecule has 0 bridgehead atoms. The number of rotatable bonds is 14. The van der Waals surface area contributed by atoms with Crippen molar-refractivity contribution < 1.29 is 38.9 Å². The molecule has 2 N–H and O–H groups in total. The van der Waals surface area contributed by atoms with Crippen LogP contribution in [0.25, 0.3) is 0 Å². The zero-order valence-electron chi connectivity index (χ0n) is 35.5. The number of hydrogen-bond donors (Lipinski definition) is 2. The van der Waals surface area contributed by atoms with E-state index in [4.69, 9.17) is 9.47 Å². The molecule has 0 heterocycles. The molecule has 0 aromatic rings. The first-order valence-corrected chi connectivity index (χ1v) is 21.4. The van der Waals surface area contributed by atoms with E-state index in [1.54, 1.807) is 0 Å². The number of carbonyl (C=O) groups is 4. The van der Waals surface area contributed by atoms with E-state index in [0.717, 1.165) is 57.8 Å². The van der Waals surface area contributed by atoms with Gasteiger partial charge < -0.3 is 19.7 Å². The molecule has 8 nitrogen and oxygen atoms in total. The average molecular weight is 755 g/mol. The molecule has 3 unspecified atom stereocenters. The number of fused-ring (bicyclic) bond motifs is 7. The summed E-state index contributed by atoms with van der Waals surface area (Å²) in [7, 11) is 0. The van der Waals surface area contributed by atoms with Gasteiger partial charge in [-0.3, -0.25) is 19.2 Å². The van der Waals surface area contributed by atoms with Crippen molar-refractivity contribution in [2.24, 2.45) is 67.5 Å². The molecule has 0 aliphatic heterocycles. The van der Waals surface area contributed by atoms with Gasteiger partial charge in [-0.2, -0.15) is 0 Å². The summed E-state index contributed by atoms with van der Waals surface area (Å²) in [5, 5.41) is 19.0. The summed E-state index contributed by atoms with van der Waals surface area (Å²) in [5.41, 5.74) is 0.133. The van der Waals surface area contributed by atoms with Crippen LogP contribution in [0.3, 0.4) is 0 Å². The number of esters is 2. The second kappa shape index (κ2) is 14.8. The molecule has 5 fully saturated rings. The van der Waals surface area contributed by atoms with Gasteiger partial charge in [-0.1, -0.05) is 74.5 Å². The van der Waals surface area contributed by atoms with E-state index in [-0.39, 0.29) is 70.8 Å². The maximum Gasteiger partial charge on any atom is 0.306 e. The molecule has 0 aromatic carbocycles. The van der Waals surface area contributed by atoms with Crippen LogP contribution in [0.4, 0.5) is 0 Å². The first-order chi connectivity index (χ1) is 24.9. The van der Waals surface area contributed by atoms with Gasteiger partial charge >= 0.3 is 23.9 Å². The average Bonchev–Trinajstić information content (AvgIpc) is 3.45. The third-order valence-corrected chi connectivity index (χ3v) is 18.0. The minimum Gasteiger partial charge on any atom is -0.481 e. The lowest BCUT2D eigenvalue weighted by atomic mass is 9.32. The van der Waals surface area contributed by atoms with Crippen LogP contribution in [-0.4, -0.2) is 46.8 Å². The van der Waals surface area contributed by atoms with E-state index in [2.05, 4.69) is 48.1 Å². The monoisotopic (exact) mass is 755 g/mol. The summed E-state index contributed by atoms with van der Waals surface area (Å²) in [6.07, 6.45) is 11.9. The first kappa shape index (κ1) is 42.8. The fourth-order valence-corrected chi connectivity index (χ4v) is 14.2. The Morgan fingerprint density at radius 3 is 1.85 bits per heavy atom. The molecule has 306 valence electrons. The van der Waals surface area contributed by atoms with Gasteiger partial charge in [-0.05, 0) is 141 Å². The third-order valence-electron chi connectivity index (χ3n) is 18.0. The molecule has 5 saturated carbocycles. The van der Waals surface area contributed by atoms with Gasteiger partial charge in [0.15, 0.2) is 0 Å². The van der Waals surface area contributed by atoms with Gasteiger partial charge in [0.05, 0.1) is 32.3 Å². The minimum absolute atomic E-state index is 0.0410. The number of carboxylic acid groups (broad SMARTS) is 2. The molecule has 0 saturated heterocycles. The van der Waals surface area contributed by atoms with Crippen molar-refractivity contribution in [1.29, 1.82) is 0 Å². The van der Waals surface area contributed by atoms with Gasteiger partial charge in [-0.25, -0.2) is 0 Å². The van der Waals surface area contributed by atoms with Crippen molar-refractivity contribution in [2.75, 3.05) is 6.61 Å². The summed E-state index contributed by atoms with van der Waals surface area (Å²) >= 11 is 0. The molecule has 5 rings (SSSR count). The highest BCUT2D eigenvalue weighted by atomic mass is 16.5. The highest BCUT2D eigenvalue weighted by Gasteiger charge is 2.71. The number of carboxylic acids is 2. The highest BCUT2D eigenvalue weighted by molar-refractivity contribution is 5.74. The van der Waals surface area contributed by atoms with Crippen LogP contribution in [0.5, 0.6) is 0 Å². The number of carbonyl (C=O) groups excluding carboxylic acids is 2. The minimum atomic E-state index is -0.881. The van der Waals surface area contributed by atoms with Crippen LogP contribution in [0.1, 0.15) is 172 Å². The number of hydrogen-bond acceptors (Lipinski definition) is 6. The van der Waals surface area contributed by atoms with Gasteiger partial charge in [0.1, 0.15) is 6.10 Å². The Morgan fingerprint density at radius 2 is 1.30 bits per heavy atom. The van der Waals surface area contributed by atoms with Crippen molar-refractivity contribution in [2.45, 2.75) is 178 Å². The zero-order chi connectivity index (χ0) is 40.3. The molecular weight excluding hydrogens is 680 g/mol. The SMILES string of the molecule is C=C(C)[C@@H]1CC[C@]2(COC(=O)CC(C)(CC)CC(=O)O)CC[C@]3(C)[C@H](CC[C@@H]4[C@@]5(C)CCC(OC(=O)CC(C)(CC)CC(=O)O)C(C)(C)[C@@H]5CC[C@]43C)[C@@H]12. The summed E-state index contributed by atoms with van der Waals surface area (Å²) in [4.78, 5) is 49.9. The predicted molar refractivity (Wildman–Crippen MR) is 210 cm³/mol. The van der Waals surface area contributed by atoms with Crippen LogP contribution in [0, 0.1) is 67.5 Å². The quantitative estimate of drug-likeness (QED) is 0.133. The fraction of sp³-hybridized carbons (Fsp3) is 0.870. The Kier molecular flexibility index (Phi) is 11.8. The molecule has 0 spiro atoms. The molecule has 5 aliphatic carbocycles. The van der Waals surface area contributed by atoms with E-state index >= 15 is 0 Å². The Labute approximate surface area is 326 Å². The van der Waals surface area contributed by atoms with Crippen molar-refractivity contribution in [3.63, 3.8) is 0 Å². The molecular formula is C46H74O8. The predicted octanol–water partition coefficient (Wildman–Crippen LogP) is 10.7. The number of aliphatic carboxylic acids is 2. The number of allylic oxidation sites excluding steroid dienone is 1. The topological polar surface area (TPSA) is 127 Å². The summed E-state index contributed by atoms with van der Waals surface area (Å²) < 4.78 is 12.5. The van der Waals surface area contributed by atoms with E-state index in [1.165, 1.54) is 12.0 Å². The van der Waals surface area contributed by atoms with Crippen molar-refractivity contribution in [1.82, 2.24) is 0 Å². The van der Waals surface area contributed by atoms with Crippen LogP contribution in [0.2, 0.25) is 0 Å². The van der Waals surface area contributed by atoms with Crippen molar-refractivity contribution in [3.8, 4) is 0 Å². The molecule has 8 heteroatoms. The lowest BCUT2D eigenvalue weighted by Gasteiger charge is -2.73. The fourth-order valence-electron chi connectivity index (χ4n) is 14.2. The smallest absolute Gasteiger partial charge is 0.306 e. The zero-order valence-corrected chi connectivity index (χ0v) is 35.5. The van der Waals surface area contributed by atoms with Crippen LogP contribution >= 0.6 is 0 Å². The molecule has 0 amide bonds. The second-order valence-electron chi connectivity index (χ2n) is 21.4. The molecule has 5 aliphatic rings. The maximum absolute atomic E-state index is 13.4. The Balaban J connectivity index is 1.36. The lowest BCUT2D eigenvalue weighted by molar-refractivity contribution is -0.252. The standard InChI is InChI=1S/C46H74O8/c1-12-41(7,24-35(47)48)26-37(51)53-28-46-21-16-30(29(3)4)39(46)31-14-15-33-43(9)19-18-34(54-38(52)27-42(8,13-2)25-36(49)50)40(5,6)32(43)17-20-45(33,11)44(31,10)22-23-46/h30-34,39H,3,12-28H2,1-2,4-11H3,(H,47,48)(H,49,50)/t30-,31+,32-,33+,34?,39+,41?,42?,43-,44+,45+,46+/m0/s1. The highest BCUT2D eigenvalue weighted by Crippen LogP contribution is 2.77. The Morgan fingerprint density at radius 1 is 0.704 bits per heavy atom. The van der Waals surface area contributed by atoms with E-state index in [9.17, 15) is 29.4 Å². The van der Waals surface area contributed by atoms with E-state index < -0.39 is 22.8 Å². The first-order valence-electron chi connectivity index (χ1n) is 21.4. The van der Waals surface area contributed by atoms with Gasteiger partial charge in [0.25, 0.3) is 0 Å². The molecule has 54 heavy (non-hydrogen) atoms. The van der Waals surface area contributed by atoms with Crippen LogP contribution in [-0.2, 0) is 28.7 Å². The maximum atomic E-state index is 13.4. The molecule has 0 radical (unpaired) electrons. The van der Waals surface area contributed by atoms with Crippen LogP contribution in [0.15, 0.2) is 12.2 Å². The Bertz CT molecular complexity index is 1480. The van der Waals surface area contributed by atoms with E-state index in [1.807, 2.05) is 27.7 Å². The van der Waals surface area contributed by atoms with Crippen molar-refractivity contribution >= 4 is 23.9 Å². The summed E-state index contributed by atoms with van der Waals surface area (Å²) in [6, 6.07) is 0. The van der Waals surface area contributed by atoms with Gasteiger partial charge in [0, 0.05) is 10.8 Å². The summed E-state index contributed by atoms with van der Waals surface area (Å²) in [6.45, 7) is 27.2. The van der Waals surface area contributed by atoms with Crippen molar-refractivity contribution in [3.05, 3.63) is 12.2 Å². The summed E-state index contributed by atoms with van der Waals surface area (Å²) in [5.74, 6) is -0.0168. The second-order valence-corrected chi connectivity index (χ2v) is 21.4. The molecule has 0 aromatic heterocycles. The van der Waals surface area contributed by atoms with E-state index in [0.29, 0.717) is 49.0 Å². The number of ether oxygens (including phenoxy) is 2. The lowest BCUT2D eigenvalue weighted by Crippen LogP contribution is -2.67. The van der Waals surface area contributed by atoms with Gasteiger partial charge in [0.2, 0.25) is 0 Å². The normalized spacial score (nSPS) is 40.3. The third kappa shape index (κ3) is 7.32.